The molecule has 70 valence electrons. The lowest BCUT2D eigenvalue weighted by atomic mass is 10.0. The molecule has 1 atom stereocenters. The Bertz CT molecular complexity index is 322. The first-order valence-corrected chi connectivity index (χ1v) is 4.63. The largest absolute Gasteiger partial charge is 0.371 e. The highest BCUT2D eigenvalue weighted by Crippen LogP contribution is 2.37. The van der Waals surface area contributed by atoms with Gasteiger partial charge in [0.15, 0.2) is 0 Å². The van der Waals surface area contributed by atoms with Crippen molar-refractivity contribution in [3.63, 3.8) is 0 Å². The lowest BCUT2D eigenvalue weighted by Gasteiger charge is -2.31. The molecule has 0 spiro atoms. The Morgan fingerprint density at radius 1 is 1.31 bits per heavy atom. The average molecular weight is 177 g/mol. The van der Waals surface area contributed by atoms with Crippen LogP contribution in [0.2, 0.25) is 0 Å². The van der Waals surface area contributed by atoms with Gasteiger partial charge < -0.3 is 5.11 Å². The fraction of sp³-hybridized carbons (Fsp3) is 0.455. The molecular formula is C11H15NO. The molecule has 2 rings (SSSR count). The van der Waals surface area contributed by atoms with Crippen LogP contribution in [0.5, 0.6) is 0 Å². The summed E-state index contributed by atoms with van der Waals surface area (Å²) in [5.41, 5.74) is 1.61. The van der Waals surface area contributed by atoms with Crippen molar-refractivity contribution in [2.24, 2.45) is 0 Å². The lowest BCUT2D eigenvalue weighted by molar-refractivity contribution is -0.0871. The van der Waals surface area contributed by atoms with E-state index in [0.29, 0.717) is 0 Å². The second kappa shape index (κ2) is 2.82. The van der Waals surface area contributed by atoms with Crippen LogP contribution in [0.1, 0.15) is 17.5 Å². The van der Waals surface area contributed by atoms with Crippen LogP contribution in [-0.4, -0.2) is 24.1 Å². The van der Waals surface area contributed by atoms with Gasteiger partial charge in [0.05, 0.1) is 0 Å². The minimum Gasteiger partial charge on any atom is -0.371 e. The maximum Gasteiger partial charge on any atom is 0.144 e. The van der Waals surface area contributed by atoms with E-state index in [0.717, 1.165) is 18.4 Å². The van der Waals surface area contributed by atoms with E-state index in [2.05, 4.69) is 6.07 Å². The summed E-state index contributed by atoms with van der Waals surface area (Å²) in [6.07, 6.45) is 1.78. The van der Waals surface area contributed by atoms with Gasteiger partial charge in [0, 0.05) is 5.56 Å². The number of nitrogens with zero attached hydrogens (tertiary/aromatic N) is 1. The summed E-state index contributed by atoms with van der Waals surface area (Å²) in [6.45, 7) is 0. The summed E-state index contributed by atoms with van der Waals surface area (Å²) < 4.78 is 0. The normalized spacial score (nSPS) is 26.5. The van der Waals surface area contributed by atoms with E-state index in [-0.39, 0.29) is 0 Å². The van der Waals surface area contributed by atoms with Crippen molar-refractivity contribution in [2.45, 2.75) is 18.6 Å². The van der Waals surface area contributed by atoms with Gasteiger partial charge in [0.2, 0.25) is 0 Å². The third-order valence-electron chi connectivity index (χ3n) is 2.93. The minimum absolute atomic E-state index is 0.739. The highest BCUT2D eigenvalue weighted by molar-refractivity contribution is 5.36. The average Bonchev–Trinajstić information content (AvgIpc) is 2.47. The van der Waals surface area contributed by atoms with Crippen molar-refractivity contribution in [2.75, 3.05) is 14.1 Å². The van der Waals surface area contributed by atoms with E-state index in [9.17, 15) is 5.11 Å². The predicted octanol–water partition coefficient (Wildman–Crippen LogP) is 1.34. The topological polar surface area (TPSA) is 23.5 Å². The number of rotatable bonds is 1. The Hall–Kier alpha value is -0.860. The number of aryl methyl sites for hydroxylation is 1. The quantitative estimate of drug-likeness (QED) is 0.654. The summed E-state index contributed by atoms with van der Waals surface area (Å²) >= 11 is 0. The smallest absolute Gasteiger partial charge is 0.144 e. The molecule has 0 amide bonds. The molecule has 1 aromatic carbocycles. The van der Waals surface area contributed by atoms with Crippen molar-refractivity contribution in [1.82, 2.24) is 4.90 Å². The molecule has 1 aliphatic carbocycles. The monoisotopic (exact) mass is 177 g/mol. The highest BCUT2D eigenvalue weighted by Gasteiger charge is 2.38. The maximum atomic E-state index is 10.3. The molecule has 1 aromatic rings. The number of hydrogen-bond acceptors (Lipinski definition) is 2. The molecule has 13 heavy (non-hydrogen) atoms. The van der Waals surface area contributed by atoms with Crippen LogP contribution in [0.4, 0.5) is 0 Å². The van der Waals surface area contributed by atoms with Crippen LogP contribution in [0.25, 0.3) is 0 Å². The number of benzene rings is 1. The van der Waals surface area contributed by atoms with Gasteiger partial charge in [-0.3, -0.25) is 4.90 Å². The fourth-order valence-corrected chi connectivity index (χ4v) is 2.04. The van der Waals surface area contributed by atoms with Crippen LogP contribution in [-0.2, 0) is 12.1 Å². The maximum absolute atomic E-state index is 10.3. The van der Waals surface area contributed by atoms with Crippen LogP contribution in [0.3, 0.4) is 0 Å². The van der Waals surface area contributed by atoms with E-state index in [4.69, 9.17) is 0 Å². The van der Waals surface area contributed by atoms with Gasteiger partial charge in [-0.15, -0.1) is 0 Å². The van der Waals surface area contributed by atoms with Crippen molar-refractivity contribution in [3.8, 4) is 0 Å². The third kappa shape index (κ3) is 1.18. The summed E-state index contributed by atoms with van der Waals surface area (Å²) in [6, 6.07) is 8.12. The van der Waals surface area contributed by atoms with Crippen LogP contribution in [0, 0.1) is 0 Å². The molecule has 0 unspecified atom stereocenters. The highest BCUT2D eigenvalue weighted by atomic mass is 16.3. The number of fused-ring (bicyclic) bond motifs is 1. The summed E-state index contributed by atoms with van der Waals surface area (Å²) in [5, 5.41) is 10.3. The molecule has 0 saturated carbocycles. The molecule has 2 nitrogen and oxygen atoms in total. The molecule has 0 radical (unpaired) electrons. The Balaban J connectivity index is 2.49. The fourth-order valence-electron chi connectivity index (χ4n) is 2.04. The minimum atomic E-state index is -0.739. The molecule has 0 saturated heterocycles. The number of hydrogen-bond donors (Lipinski definition) is 1. The van der Waals surface area contributed by atoms with Crippen molar-refractivity contribution < 1.29 is 5.11 Å². The molecule has 0 fully saturated rings. The van der Waals surface area contributed by atoms with Gasteiger partial charge in [-0.2, -0.15) is 0 Å². The van der Waals surface area contributed by atoms with Gasteiger partial charge >= 0.3 is 0 Å². The van der Waals surface area contributed by atoms with Gasteiger partial charge in [0.1, 0.15) is 5.72 Å². The summed E-state index contributed by atoms with van der Waals surface area (Å²) in [5.74, 6) is 0. The molecule has 1 N–H and O–H groups in total. The number of aliphatic hydroxyl groups is 1. The Kier molecular flexibility index (Phi) is 1.90. The Morgan fingerprint density at radius 2 is 2.00 bits per heavy atom. The van der Waals surface area contributed by atoms with Crippen molar-refractivity contribution in [1.29, 1.82) is 0 Å². The van der Waals surface area contributed by atoms with Gasteiger partial charge in [0.25, 0.3) is 0 Å². The van der Waals surface area contributed by atoms with Gasteiger partial charge in [-0.1, -0.05) is 24.3 Å². The summed E-state index contributed by atoms with van der Waals surface area (Å²) in [7, 11) is 3.84. The first-order valence-electron chi connectivity index (χ1n) is 4.63. The summed E-state index contributed by atoms with van der Waals surface area (Å²) in [4.78, 5) is 1.89. The molecule has 1 aliphatic rings. The first kappa shape index (κ1) is 8.73. The Labute approximate surface area is 78.8 Å². The van der Waals surface area contributed by atoms with Crippen LogP contribution >= 0.6 is 0 Å². The van der Waals surface area contributed by atoms with Crippen molar-refractivity contribution in [3.05, 3.63) is 35.4 Å². The zero-order chi connectivity index (χ0) is 9.47. The zero-order valence-electron chi connectivity index (χ0n) is 8.12. The standard InChI is InChI=1S/C11H15NO/c1-12(2)11(13)8-7-9-5-3-4-6-10(9)11/h3-6,13H,7-8H2,1-2H3/t11-/m1/s1. The van der Waals surface area contributed by atoms with Crippen LogP contribution < -0.4 is 0 Å². The first-order chi connectivity index (χ1) is 6.14. The molecule has 0 heterocycles. The molecule has 0 aromatic heterocycles. The molecular weight excluding hydrogens is 162 g/mol. The van der Waals surface area contributed by atoms with Crippen molar-refractivity contribution >= 4 is 0 Å². The van der Waals surface area contributed by atoms with Crippen LogP contribution in [0.15, 0.2) is 24.3 Å². The second-order valence-electron chi connectivity index (χ2n) is 3.87. The SMILES string of the molecule is CN(C)[C@@]1(O)CCc2ccccc21. The molecule has 0 bridgehead atoms. The third-order valence-corrected chi connectivity index (χ3v) is 2.93. The lowest BCUT2D eigenvalue weighted by Crippen LogP contribution is -2.39. The van der Waals surface area contributed by atoms with E-state index in [1.807, 2.05) is 37.2 Å². The van der Waals surface area contributed by atoms with E-state index < -0.39 is 5.72 Å². The second-order valence-corrected chi connectivity index (χ2v) is 3.87. The van der Waals surface area contributed by atoms with E-state index in [1.54, 1.807) is 0 Å². The van der Waals surface area contributed by atoms with E-state index >= 15 is 0 Å². The predicted molar refractivity (Wildman–Crippen MR) is 52.3 cm³/mol. The van der Waals surface area contributed by atoms with Gasteiger partial charge in [-0.25, -0.2) is 0 Å². The van der Waals surface area contributed by atoms with E-state index in [1.165, 1.54) is 5.56 Å². The molecule has 2 heteroatoms. The zero-order valence-corrected chi connectivity index (χ0v) is 8.12. The Morgan fingerprint density at radius 3 is 2.69 bits per heavy atom. The van der Waals surface area contributed by atoms with Gasteiger partial charge in [-0.05, 0) is 32.5 Å². The molecule has 0 aliphatic heterocycles.